The molecule has 0 atom stereocenters. The van der Waals surface area contributed by atoms with Gasteiger partial charge in [0, 0.05) is 18.8 Å². The molecule has 4 heteroatoms. The second kappa shape index (κ2) is 5.30. The van der Waals surface area contributed by atoms with Gasteiger partial charge in [0.05, 0.1) is 0 Å². The zero-order valence-corrected chi connectivity index (χ0v) is 9.07. The van der Waals surface area contributed by atoms with Gasteiger partial charge in [-0.15, -0.1) is 0 Å². The first-order chi connectivity index (χ1) is 7.86. The monoisotopic (exact) mass is 217 g/mol. The van der Waals surface area contributed by atoms with Gasteiger partial charge < -0.3 is 10.6 Å². The van der Waals surface area contributed by atoms with Crippen molar-refractivity contribution >= 4 is 17.4 Å². The number of para-hydroxylation sites is 1. The Kier molecular flexibility index (Phi) is 3.53. The van der Waals surface area contributed by atoms with Crippen molar-refractivity contribution in [2.24, 2.45) is 4.99 Å². The number of carbonyl (C=O) groups is 1. The summed E-state index contributed by atoms with van der Waals surface area (Å²) in [5, 5.41) is 5.85. The van der Waals surface area contributed by atoms with Crippen LogP contribution in [0.25, 0.3) is 0 Å². The standard InChI is InChI=1S/C12H15N3O/c16-12(11-13-8-4-5-9-14-11)15-10-6-2-1-3-7-10/h1-3,6-7H,4-5,8-9H2,(H,13,14)(H,15,16). The number of hydrogen-bond acceptors (Lipinski definition) is 3. The van der Waals surface area contributed by atoms with Crippen LogP contribution in [0.1, 0.15) is 12.8 Å². The summed E-state index contributed by atoms with van der Waals surface area (Å²) < 4.78 is 0. The molecule has 0 fully saturated rings. The van der Waals surface area contributed by atoms with E-state index in [0.29, 0.717) is 5.84 Å². The third-order valence-electron chi connectivity index (χ3n) is 2.39. The molecule has 0 aliphatic carbocycles. The number of nitrogens with one attached hydrogen (secondary N) is 2. The lowest BCUT2D eigenvalue weighted by atomic mass is 10.3. The lowest BCUT2D eigenvalue weighted by Gasteiger charge is -2.07. The van der Waals surface area contributed by atoms with E-state index in [0.717, 1.165) is 31.6 Å². The van der Waals surface area contributed by atoms with Crippen molar-refractivity contribution in [1.82, 2.24) is 5.32 Å². The minimum Gasteiger partial charge on any atom is -0.366 e. The molecule has 2 N–H and O–H groups in total. The van der Waals surface area contributed by atoms with Gasteiger partial charge in [0.25, 0.3) is 5.91 Å². The van der Waals surface area contributed by atoms with Crippen LogP contribution in [-0.4, -0.2) is 24.8 Å². The van der Waals surface area contributed by atoms with Gasteiger partial charge in [-0.3, -0.25) is 9.79 Å². The average molecular weight is 217 g/mol. The molecule has 1 aromatic rings. The molecule has 0 spiro atoms. The molecule has 0 aromatic heterocycles. The number of anilines is 1. The van der Waals surface area contributed by atoms with Crippen molar-refractivity contribution in [1.29, 1.82) is 0 Å². The minimum absolute atomic E-state index is 0.159. The first-order valence-corrected chi connectivity index (χ1v) is 5.51. The Morgan fingerprint density at radius 2 is 2.06 bits per heavy atom. The van der Waals surface area contributed by atoms with Crippen LogP contribution in [0.3, 0.4) is 0 Å². The molecule has 1 aliphatic rings. The van der Waals surface area contributed by atoms with E-state index in [1.165, 1.54) is 0 Å². The molecular weight excluding hydrogens is 202 g/mol. The summed E-state index contributed by atoms with van der Waals surface area (Å²) in [6, 6.07) is 9.40. The number of amidine groups is 1. The van der Waals surface area contributed by atoms with Crippen LogP contribution in [0.15, 0.2) is 35.3 Å². The number of carbonyl (C=O) groups excluding carboxylic acids is 1. The highest BCUT2D eigenvalue weighted by Gasteiger charge is 2.12. The molecule has 1 aromatic carbocycles. The van der Waals surface area contributed by atoms with Crippen molar-refractivity contribution in [2.45, 2.75) is 12.8 Å². The van der Waals surface area contributed by atoms with Gasteiger partial charge in [-0.2, -0.15) is 0 Å². The average Bonchev–Trinajstić information content (AvgIpc) is 2.59. The van der Waals surface area contributed by atoms with E-state index in [9.17, 15) is 4.79 Å². The van der Waals surface area contributed by atoms with Crippen molar-refractivity contribution in [3.8, 4) is 0 Å². The van der Waals surface area contributed by atoms with Crippen molar-refractivity contribution in [3.63, 3.8) is 0 Å². The molecule has 4 nitrogen and oxygen atoms in total. The van der Waals surface area contributed by atoms with E-state index in [4.69, 9.17) is 0 Å². The van der Waals surface area contributed by atoms with Crippen LogP contribution in [0, 0.1) is 0 Å². The molecule has 0 radical (unpaired) electrons. The lowest BCUT2D eigenvalue weighted by Crippen LogP contribution is -2.35. The van der Waals surface area contributed by atoms with Gasteiger partial charge in [0.15, 0.2) is 5.84 Å². The van der Waals surface area contributed by atoms with Crippen LogP contribution >= 0.6 is 0 Å². The molecule has 1 heterocycles. The number of amides is 1. The number of benzene rings is 1. The Hall–Kier alpha value is -1.84. The van der Waals surface area contributed by atoms with Crippen LogP contribution in [0.4, 0.5) is 5.69 Å². The quantitative estimate of drug-likeness (QED) is 0.787. The topological polar surface area (TPSA) is 53.5 Å². The molecule has 0 saturated heterocycles. The van der Waals surface area contributed by atoms with Gasteiger partial charge >= 0.3 is 0 Å². The maximum atomic E-state index is 11.8. The Labute approximate surface area is 94.8 Å². The van der Waals surface area contributed by atoms with E-state index in [1.54, 1.807) is 0 Å². The molecule has 84 valence electrons. The van der Waals surface area contributed by atoms with E-state index in [2.05, 4.69) is 15.6 Å². The number of rotatable bonds is 2. The highest BCUT2D eigenvalue weighted by molar-refractivity contribution is 6.42. The summed E-state index contributed by atoms with van der Waals surface area (Å²) in [4.78, 5) is 16.0. The summed E-state index contributed by atoms with van der Waals surface area (Å²) in [7, 11) is 0. The summed E-state index contributed by atoms with van der Waals surface area (Å²) in [6.45, 7) is 1.55. The first-order valence-electron chi connectivity index (χ1n) is 5.51. The summed E-state index contributed by atoms with van der Waals surface area (Å²) >= 11 is 0. The van der Waals surface area contributed by atoms with Gasteiger partial charge in [-0.05, 0) is 25.0 Å². The summed E-state index contributed by atoms with van der Waals surface area (Å²) in [5.74, 6) is 0.287. The Morgan fingerprint density at radius 1 is 1.25 bits per heavy atom. The summed E-state index contributed by atoms with van der Waals surface area (Å²) in [5.41, 5.74) is 0.793. The molecule has 0 bridgehead atoms. The molecule has 2 rings (SSSR count). The molecule has 0 unspecified atom stereocenters. The number of nitrogens with zero attached hydrogens (tertiary/aromatic N) is 1. The molecular formula is C12H15N3O. The third kappa shape index (κ3) is 2.82. The Morgan fingerprint density at radius 3 is 2.88 bits per heavy atom. The predicted molar refractivity (Wildman–Crippen MR) is 64.6 cm³/mol. The predicted octanol–water partition coefficient (Wildman–Crippen LogP) is 1.41. The first kappa shape index (κ1) is 10.7. The minimum atomic E-state index is -0.159. The molecule has 1 aliphatic heterocycles. The molecule has 1 amide bonds. The van der Waals surface area contributed by atoms with Gasteiger partial charge in [0.1, 0.15) is 0 Å². The number of hydrogen-bond donors (Lipinski definition) is 2. The molecule has 16 heavy (non-hydrogen) atoms. The Bertz CT molecular complexity index is 387. The zero-order chi connectivity index (χ0) is 11.2. The largest absolute Gasteiger partial charge is 0.366 e. The normalized spacial score (nSPS) is 15.6. The summed E-state index contributed by atoms with van der Waals surface area (Å²) in [6.07, 6.45) is 2.10. The fourth-order valence-electron chi connectivity index (χ4n) is 1.55. The SMILES string of the molecule is O=C(Nc1ccccc1)C1=NCCCCN1. The van der Waals surface area contributed by atoms with Gasteiger partial charge in [-0.25, -0.2) is 0 Å². The van der Waals surface area contributed by atoms with Crippen molar-refractivity contribution in [2.75, 3.05) is 18.4 Å². The van der Waals surface area contributed by atoms with E-state index in [1.807, 2.05) is 30.3 Å². The highest BCUT2D eigenvalue weighted by Crippen LogP contribution is 2.05. The number of aliphatic imine (C=N–C) groups is 1. The van der Waals surface area contributed by atoms with Gasteiger partial charge in [-0.1, -0.05) is 18.2 Å². The Balaban J connectivity index is 2.00. The smallest absolute Gasteiger partial charge is 0.290 e. The maximum Gasteiger partial charge on any atom is 0.290 e. The van der Waals surface area contributed by atoms with Crippen molar-refractivity contribution in [3.05, 3.63) is 30.3 Å². The second-order valence-electron chi connectivity index (χ2n) is 3.68. The second-order valence-corrected chi connectivity index (χ2v) is 3.68. The van der Waals surface area contributed by atoms with Gasteiger partial charge in [0.2, 0.25) is 0 Å². The fourth-order valence-corrected chi connectivity index (χ4v) is 1.55. The van der Waals surface area contributed by atoms with Crippen LogP contribution in [0.5, 0.6) is 0 Å². The lowest BCUT2D eigenvalue weighted by molar-refractivity contribution is -0.110. The van der Waals surface area contributed by atoms with Crippen molar-refractivity contribution < 1.29 is 4.79 Å². The van der Waals surface area contributed by atoms with Crippen LogP contribution < -0.4 is 10.6 Å². The van der Waals surface area contributed by atoms with E-state index < -0.39 is 0 Å². The third-order valence-corrected chi connectivity index (χ3v) is 2.39. The fraction of sp³-hybridized carbons (Fsp3) is 0.333. The zero-order valence-electron chi connectivity index (χ0n) is 9.07. The maximum absolute atomic E-state index is 11.8. The van der Waals surface area contributed by atoms with Crippen LogP contribution in [-0.2, 0) is 4.79 Å². The van der Waals surface area contributed by atoms with E-state index in [-0.39, 0.29) is 5.91 Å². The van der Waals surface area contributed by atoms with Crippen LogP contribution in [0.2, 0.25) is 0 Å². The van der Waals surface area contributed by atoms with E-state index >= 15 is 0 Å². The highest BCUT2D eigenvalue weighted by atomic mass is 16.2. The molecule has 0 saturated carbocycles.